The van der Waals surface area contributed by atoms with Crippen LogP contribution in [0, 0.1) is 0 Å². The van der Waals surface area contributed by atoms with Crippen molar-refractivity contribution in [3.63, 3.8) is 0 Å². The molecule has 2 amide bonds. The lowest BCUT2D eigenvalue weighted by atomic mass is 10.2. The van der Waals surface area contributed by atoms with Gasteiger partial charge in [0.1, 0.15) is 5.76 Å². The molecule has 6 nitrogen and oxygen atoms in total. The number of hydrogen-bond acceptors (Lipinski definition) is 3. The molecule has 3 rings (SSSR count). The summed E-state index contributed by atoms with van der Waals surface area (Å²) in [5.74, 6) is 0.817. The molecule has 24 heavy (non-hydrogen) atoms. The van der Waals surface area contributed by atoms with Crippen molar-refractivity contribution in [3.8, 4) is 0 Å². The maximum Gasteiger partial charge on any atom is 0.318 e. The molecule has 0 saturated heterocycles. The molecule has 130 valence electrons. The van der Waals surface area contributed by atoms with Crippen LogP contribution in [-0.4, -0.2) is 26.8 Å². The van der Waals surface area contributed by atoms with Gasteiger partial charge in [-0.25, -0.2) is 4.79 Å². The van der Waals surface area contributed by atoms with Gasteiger partial charge in [-0.05, 0) is 52.7 Å². The van der Waals surface area contributed by atoms with E-state index >= 15 is 0 Å². The van der Waals surface area contributed by atoms with Crippen LogP contribution in [0.3, 0.4) is 0 Å². The first-order chi connectivity index (χ1) is 11.5. The minimum Gasteiger partial charge on any atom is -0.467 e. The van der Waals surface area contributed by atoms with Gasteiger partial charge in [0.05, 0.1) is 24.5 Å². The van der Waals surface area contributed by atoms with Gasteiger partial charge in [0.2, 0.25) is 0 Å². The highest BCUT2D eigenvalue weighted by Crippen LogP contribution is 2.34. The van der Waals surface area contributed by atoms with E-state index in [1.165, 1.54) is 0 Å². The molecule has 1 aliphatic carbocycles. The van der Waals surface area contributed by atoms with E-state index < -0.39 is 0 Å². The minimum atomic E-state index is -0.0879. The smallest absolute Gasteiger partial charge is 0.318 e. The van der Waals surface area contributed by atoms with Gasteiger partial charge in [0.25, 0.3) is 0 Å². The molecule has 1 fully saturated rings. The van der Waals surface area contributed by atoms with E-state index in [9.17, 15) is 4.79 Å². The van der Waals surface area contributed by atoms with Crippen LogP contribution in [-0.2, 0) is 0 Å². The van der Waals surface area contributed by atoms with Gasteiger partial charge in [0, 0.05) is 23.8 Å². The molecule has 2 atom stereocenters. The molecule has 1 N–H and O–H groups in total. The van der Waals surface area contributed by atoms with E-state index in [4.69, 9.17) is 4.42 Å². The molecule has 6 heteroatoms. The Bertz CT molecular complexity index is 673. The molecule has 0 bridgehead atoms. The fourth-order valence-corrected chi connectivity index (χ4v) is 2.88. The summed E-state index contributed by atoms with van der Waals surface area (Å²) >= 11 is 0. The lowest BCUT2D eigenvalue weighted by molar-refractivity contribution is 0.163. The minimum absolute atomic E-state index is 0.0498. The summed E-state index contributed by atoms with van der Waals surface area (Å²) in [5.41, 5.74) is 1.01. The van der Waals surface area contributed by atoms with E-state index in [1.54, 1.807) is 6.26 Å². The molecule has 2 aromatic rings. The summed E-state index contributed by atoms with van der Waals surface area (Å²) in [6, 6.07) is 4.18. The highest BCUT2D eigenvalue weighted by Gasteiger charge is 2.37. The topological polar surface area (TPSA) is 63.3 Å². The molecular weight excluding hydrogens is 304 g/mol. The number of nitrogens with zero attached hydrogens (tertiary/aromatic N) is 3. The second kappa shape index (κ2) is 6.71. The van der Waals surface area contributed by atoms with Crippen molar-refractivity contribution in [1.29, 1.82) is 0 Å². The Morgan fingerprint density at radius 3 is 2.67 bits per heavy atom. The molecule has 0 aliphatic heterocycles. The average Bonchev–Trinajstić information content (AvgIpc) is 3.07. The fourth-order valence-electron chi connectivity index (χ4n) is 2.88. The summed E-state index contributed by atoms with van der Waals surface area (Å²) in [7, 11) is 0. The third kappa shape index (κ3) is 3.47. The molecule has 2 aromatic heterocycles. The molecule has 1 saturated carbocycles. The van der Waals surface area contributed by atoms with Crippen LogP contribution < -0.4 is 5.32 Å². The van der Waals surface area contributed by atoms with Crippen LogP contribution in [0.4, 0.5) is 4.79 Å². The predicted molar refractivity (Wildman–Crippen MR) is 91.5 cm³/mol. The number of furan rings is 1. The molecule has 2 heterocycles. The predicted octanol–water partition coefficient (Wildman–Crippen LogP) is 4.05. The van der Waals surface area contributed by atoms with Crippen LogP contribution in [0.15, 0.2) is 35.2 Å². The van der Waals surface area contributed by atoms with Crippen LogP contribution >= 0.6 is 0 Å². The molecule has 0 spiro atoms. The first-order valence-electron chi connectivity index (χ1n) is 8.63. The highest BCUT2D eigenvalue weighted by atomic mass is 16.3. The van der Waals surface area contributed by atoms with E-state index in [0.717, 1.165) is 24.2 Å². The van der Waals surface area contributed by atoms with E-state index in [0.29, 0.717) is 12.1 Å². The maximum atomic E-state index is 12.8. The number of carbonyl (C=O) groups excluding carboxylic acids is 1. The Balaban J connectivity index is 1.69. The number of nitrogens with one attached hydrogen (secondary N) is 1. The Morgan fingerprint density at radius 2 is 2.12 bits per heavy atom. The summed E-state index contributed by atoms with van der Waals surface area (Å²) in [6.45, 7) is 8.17. The summed E-state index contributed by atoms with van der Waals surface area (Å²) in [6.07, 6.45) is 7.57. The quantitative estimate of drug-likeness (QED) is 0.869. The van der Waals surface area contributed by atoms with Crippen LogP contribution in [0.2, 0.25) is 0 Å². The van der Waals surface area contributed by atoms with Crippen molar-refractivity contribution in [1.82, 2.24) is 20.0 Å². The van der Waals surface area contributed by atoms with Crippen LogP contribution in [0.1, 0.15) is 70.0 Å². The van der Waals surface area contributed by atoms with E-state index in [1.807, 2.05) is 48.0 Å². The van der Waals surface area contributed by atoms with Gasteiger partial charge >= 0.3 is 6.03 Å². The lowest BCUT2D eigenvalue weighted by Gasteiger charge is -2.29. The van der Waals surface area contributed by atoms with Gasteiger partial charge in [-0.3, -0.25) is 4.68 Å². The number of amides is 2. The van der Waals surface area contributed by atoms with Gasteiger partial charge in [-0.2, -0.15) is 5.10 Å². The standard InChI is InChI=1S/C18H26N4O2/c1-12(2)21-11-15(10-19-21)13(3)20-18(23)22(16-7-8-16)14(4)17-6-5-9-24-17/h5-6,9-14,16H,7-8H2,1-4H3,(H,20,23)/t13-,14-/m0/s1. The fraction of sp³-hybridized carbons (Fsp3) is 0.556. The van der Waals surface area contributed by atoms with Crippen molar-refractivity contribution in [2.24, 2.45) is 0 Å². The Labute approximate surface area is 142 Å². The van der Waals surface area contributed by atoms with Gasteiger partial charge in [0.15, 0.2) is 0 Å². The van der Waals surface area contributed by atoms with Crippen molar-refractivity contribution >= 4 is 6.03 Å². The van der Waals surface area contributed by atoms with Crippen molar-refractivity contribution < 1.29 is 9.21 Å². The molecule has 0 aromatic carbocycles. The number of rotatable bonds is 6. The SMILES string of the molecule is CC(C)n1cc([C@H](C)NC(=O)N(C2CC2)[C@@H](C)c2ccco2)cn1. The third-order valence-corrected chi connectivity index (χ3v) is 4.54. The summed E-state index contributed by atoms with van der Waals surface area (Å²) < 4.78 is 7.39. The highest BCUT2D eigenvalue weighted by molar-refractivity contribution is 5.76. The van der Waals surface area contributed by atoms with E-state index in [2.05, 4.69) is 24.3 Å². The van der Waals surface area contributed by atoms with Gasteiger partial charge in [-0.1, -0.05) is 0 Å². The van der Waals surface area contributed by atoms with Crippen molar-refractivity contribution in [3.05, 3.63) is 42.1 Å². The average molecular weight is 330 g/mol. The third-order valence-electron chi connectivity index (χ3n) is 4.54. The van der Waals surface area contributed by atoms with Crippen LogP contribution in [0.25, 0.3) is 0 Å². The second-order valence-corrected chi connectivity index (χ2v) is 6.85. The Kier molecular flexibility index (Phi) is 4.64. The van der Waals surface area contributed by atoms with Gasteiger partial charge in [-0.15, -0.1) is 0 Å². The zero-order chi connectivity index (χ0) is 17.3. The summed E-state index contributed by atoms with van der Waals surface area (Å²) in [4.78, 5) is 14.7. The molecular formula is C18H26N4O2. The monoisotopic (exact) mass is 330 g/mol. The number of hydrogen-bond donors (Lipinski definition) is 1. The summed E-state index contributed by atoms with van der Waals surface area (Å²) in [5, 5.41) is 7.45. The normalized spacial score (nSPS) is 16.9. The first kappa shape index (κ1) is 16.6. The first-order valence-corrected chi connectivity index (χ1v) is 8.63. The zero-order valence-corrected chi connectivity index (χ0v) is 14.8. The lowest BCUT2D eigenvalue weighted by Crippen LogP contribution is -2.43. The Hall–Kier alpha value is -2.24. The Morgan fingerprint density at radius 1 is 1.38 bits per heavy atom. The maximum absolute atomic E-state index is 12.8. The van der Waals surface area contributed by atoms with Gasteiger partial charge < -0.3 is 14.6 Å². The largest absolute Gasteiger partial charge is 0.467 e. The number of carbonyl (C=O) groups is 1. The van der Waals surface area contributed by atoms with Crippen molar-refractivity contribution in [2.75, 3.05) is 0 Å². The number of urea groups is 1. The van der Waals surface area contributed by atoms with Crippen molar-refractivity contribution in [2.45, 2.75) is 64.7 Å². The molecule has 1 aliphatic rings. The molecule has 0 radical (unpaired) electrons. The number of aromatic nitrogens is 2. The molecule has 0 unspecified atom stereocenters. The van der Waals surface area contributed by atoms with E-state index in [-0.39, 0.29) is 18.1 Å². The van der Waals surface area contributed by atoms with Crippen LogP contribution in [0.5, 0.6) is 0 Å². The zero-order valence-electron chi connectivity index (χ0n) is 14.8. The second-order valence-electron chi connectivity index (χ2n) is 6.85.